The van der Waals surface area contributed by atoms with E-state index in [-0.39, 0.29) is 0 Å². The summed E-state index contributed by atoms with van der Waals surface area (Å²) in [5.41, 5.74) is 3.61. The molecule has 0 spiro atoms. The number of benzene rings is 2. The highest BCUT2D eigenvalue weighted by Gasteiger charge is 2.12. The molecule has 2 aromatic heterocycles. The van der Waals surface area contributed by atoms with Gasteiger partial charge in [0.2, 0.25) is 0 Å². The molecule has 0 bridgehead atoms. The number of fused-ring (bicyclic) bond motifs is 1. The van der Waals surface area contributed by atoms with E-state index in [1.165, 1.54) is 16.7 Å². The number of nitrogens with one attached hydrogen (secondary N) is 1. The minimum atomic E-state index is 0.747. The fourth-order valence-electron chi connectivity index (χ4n) is 2.62. The van der Waals surface area contributed by atoms with Crippen LogP contribution in [0.3, 0.4) is 0 Å². The molecule has 4 heteroatoms. The maximum atomic E-state index is 4.46. The largest absolute Gasteiger partial charge is 0.365 e. The molecule has 0 aliphatic carbocycles. The highest BCUT2D eigenvalue weighted by molar-refractivity contribution is 7.17. The van der Waals surface area contributed by atoms with Gasteiger partial charge in [-0.1, -0.05) is 60.7 Å². The molecule has 0 aliphatic heterocycles. The van der Waals surface area contributed by atoms with E-state index >= 15 is 0 Å². The van der Waals surface area contributed by atoms with E-state index in [2.05, 4.69) is 57.1 Å². The van der Waals surface area contributed by atoms with Gasteiger partial charge >= 0.3 is 0 Å². The number of aromatic nitrogens is 2. The van der Waals surface area contributed by atoms with Gasteiger partial charge < -0.3 is 5.32 Å². The van der Waals surface area contributed by atoms with Crippen LogP contribution in [0.5, 0.6) is 0 Å². The van der Waals surface area contributed by atoms with Gasteiger partial charge in [-0.05, 0) is 11.1 Å². The maximum absolute atomic E-state index is 4.46. The molecule has 0 amide bonds. The number of hydrogen-bond donors (Lipinski definition) is 1. The average Bonchev–Trinajstić information content (AvgIpc) is 3.06. The van der Waals surface area contributed by atoms with Crippen LogP contribution in [0.25, 0.3) is 21.3 Å². The lowest BCUT2D eigenvalue weighted by Gasteiger charge is -2.08. The molecule has 4 rings (SSSR count). The van der Waals surface area contributed by atoms with Gasteiger partial charge in [0.05, 0.1) is 5.39 Å². The second-order valence-electron chi connectivity index (χ2n) is 5.26. The zero-order valence-corrected chi connectivity index (χ0v) is 13.3. The standard InChI is InChI=1S/C19H15N3S/c1-3-7-14(8-4-1)11-20-18-17-16(15-9-5-2-6-10-15)12-23-19(17)22-13-21-18/h1-10,12-13H,11H2,(H,20,21,22). The first-order chi connectivity index (χ1) is 11.4. The van der Waals surface area contributed by atoms with Crippen LogP contribution in [0.15, 0.2) is 72.4 Å². The second-order valence-corrected chi connectivity index (χ2v) is 6.12. The first-order valence-corrected chi connectivity index (χ1v) is 8.35. The Kier molecular flexibility index (Phi) is 3.74. The molecule has 3 nitrogen and oxygen atoms in total. The third-order valence-corrected chi connectivity index (χ3v) is 4.64. The molecule has 23 heavy (non-hydrogen) atoms. The van der Waals surface area contributed by atoms with Crippen molar-refractivity contribution in [2.75, 3.05) is 5.32 Å². The number of rotatable bonds is 4. The predicted molar refractivity (Wildman–Crippen MR) is 96.6 cm³/mol. The minimum absolute atomic E-state index is 0.747. The van der Waals surface area contributed by atoms with Gasteiger partial charge in [-0.15, -0.1) is 11.3 Å². The van der Waals surface area contributed by atoms with Crippen LogP contribution in [0.2, 0.25) is 0 Å². The summed E-state index contributed by atoms with van der Waals surface area (Å²) in [6.07, 6.45) is 1.63. The van der Waals surface area contributed by atoms with Crippen molar-refractivity contribution in [3.05, 3.63) is 77.9 Å². The molecule has 0 atom stereocenters. The van der Waals surface area contributed by atoms with E-state index in [0.29, 0.717) is 0 Å². The Labute approximate surface area is 138 Å². The summed E-state index contributed by atoms with van der Waals surface area (Å²) in [5, 5.41) is 6.71. The zero-order chi connectivity index (χ0) is 15.5. The van der Waals surface area contributed by atoms with Crippen LogP contribution < -0.4 is 5.32 Å². The van der Waals surface area contributed by atoms with Gasteiger partial charge in [-0.3, -0.25) is 0 Å². The van der Waals surface area contributed by atoms with Crippen molar-refractivity contribution >= 4 is 27.4 Å². The summed E-state index contributed by atoms with van der Waals surface area (Å²) >= 11 is 1.65. The Bertz CT molecular complexity index is 917. The second kappa shape index (κ2) is 6.18. The van der Waals surface area contributed by atoms with E-state index in [4.69, 9.17) is 0 Å². The summed E-state index contributed by atoms with van der Waals surface area (Å²) in [5.74, 6) is 0.888. The number of hydrogen-bond acceptors (Lipinski definition) is 4. The van der Waals surface area contributed by atoms with Crippen molar-refractivity contribution in [1.29, 1.82) is 0 Å². The maximum Gasteiger partial charge on any atom is 0.139 e. The highest BCUT2D eigenvalue weighted by atomic mass is 32.1. The normalized spacial score (nSPS) is 10.8. The molecule has 0 saturated heterocycles. The Morgan fingerprint density at radius 1 is 0.870 bits per heavy atom. The zero-order valence-electron chi connectivity index (χ0n) is 12.4. The van der Waals surface area contributed by atoms with E-state index in [1.807, 2.05) is 24.3 Å². The van der Waals surface area contributed by atoms with E-state index in [9.17, 15) is 0 Å². The smallest absolute Gasteiger partial charge is 0.139 e. The molecular weight excluding hydrogens is 302 g/mol. The Morgan fingerprint density at radius 2 is 1.61 bits per heavy atom. The van der Waals surface area contributed by atoms with Crippen LogP contribution in [-0.2, 0) is 6.54 Å². The third-order valence-electron chi connectivity index (χ3n) is 3.76. The van der Waals surface area contributed by atoms with Gasteiger partial charge in [-0.2, -0.15) is 0 Å². The monoisotopic (exact) mass is 317 g/mol. The molecule has 0 fully saturated rings. The van der Waals surface area contributed by atoms with Gasteiger partial charge in [0.1, 0.15) is 17.0 Å². The third kappa shape index (κ3) is 2.81. The number of anilines is 1. The van der Waals surface area contributed by atoms with Crippen molar-refractivity contribution in [1.82, 2.24) is 9.97 Å². The molecule has 2 aromatic carbocycles. The topological polar surface area (TPSA) is 37.8 Å². The summed E-state index contributed by atoms with van der Waals surface area (Å²) < 4.78 is 0. The molecule has 0 radical (unpaired) electrons. The summed E-state index contributed by atoms with van der Waals surface area (Å²) in [6.45, 7) is 0.747. The van der Waals surface area contributed by atoms with Crippen LogP contribution >= 0.6 is 11.3 Å². The van der Waals surface area contributed by atoms with Gasteiger partial charge in [0, 0.05) is 17.5 Å². The number of nitrogens with zero attached hydrogens (tertiary/aromatic N) is 2. The highest BCUT2D eigenvalue weighted by Crippen LogP contribution is 2.36. The molecule has 4 aromatic rings. The van der Waals surface area contributed by atoms with E-state index in [1.54, 1.807) is 17.7 Å². The molecular formula is C19H15N3S. The lowest BCUT2D eigenvalue weighted by molar-refractivity contribution is 1.11. The molecule has 0 aliphatic rings. The lowest BCUT2D eigenvalue weighted by atomic mass is 10.1. The van der Waals surface area contributed by atoms with Gasteiger partial charge in [-0.25, -0.2) is 9.97 Å². The van der Waals surface area contributed by atoms with Gasteiger partial charge in [0.15, 0.2) is 0 Å². The van der Waals surface area contributed by atoms with Crippen molar-refractivity contribution in [2.45, 2.75) is 6.54 Å². The first kappa shape index (κ1) is 13.9. The van der Waals surface area contributed by atoms with Crippen molar-refractivity contribution in [3.63, 3.8) is 0 Å². The summed E-state index contributed by atoms with van der Waals surface area (Å²) in [6, 6.07) is 20.7. The van der Waals surface area contributed by atoms with E-state index in [0.717, 1.165) is 22.6 Å². The lowest BCUT2D eigenvalue weighted by Crippen LogP contribution is -2.02. The minimum Gasteiger partial charge on any atom is -0.365 e. The summed E-state index contributed by atoms with van der Waals surface area (Å²) in [7, 11) is 0. The fraction of sp³-hybridized carbons (Fsp3) is 0.0526. The quantitative estimate of drug-likeness (QED) is 0.577. The van der Waals surface area contributed by atoms with Crippen molar-refractivity contribution in [2.24, 2.45) is 0 Å². The Balaban J connectivity index is 1.73. The Morgan fingerprint density at radius 3 is 2.39 bits per heavy atom. The predicted octanol–water partition coefficient (Wildman–Crippen LogP) is 4.97. The van der Waals surface area contributed by atoms with Crippen molar-refractivity contribution in [3.8, 4) is 11.1 Å². The van der Waals surface area contributed by atoms with Crippen molar-refractivity contribution < 1.29 is 0 Å². The Hall–Kier alpha value is -2.72. The first-order valence-electron chi connectivity index (χ1n) is 7.47. The molecule has 0 saturated carbocycles. The van der Waals surface area contributed by atoms with E-state index < -0.39 is 0 Å². The SMILES string of the molecule is c1ccc(CNc2ncnc3scc(-c4ccccc4)c23)cc1. The summed E-state index contributed by atoms with van der Waals surface area (Å²) in [4.78, 5) is 9.88. The van der Waals surface area contributed by atoms with Crippen LogP contribution in [0.1, 0.15) is 5.56 Å². The van der Waals surface area contributed by atoms with Crippen LogP contribution in [-0.4, -0.2) is 9.97 Å². The molecule has 2 heterocycles. The van der Waals surface area contributed by atoms with Crippen LogP contribution in [0.4, 0.5) is 5.82 Å². The molecule has 1 N–H and O–H groups in total. The molecule has 112 valence electrons. The average molecular weight is 317 g/mol. The number of thiophene rings is 1. The van der Waals surface area contributed by atoms with Crippen LogP contribution in [0, 0.1) is 0 Å². The molecule has 0 unspecified atom stereocenters. The fourth-order valence-corrected chi connectivity index (χ4v) is 3.54. The van der Waals surface area contributed by atoms with Gasteiger partial charge in [0.25, 0.3) is 0 Å².